The molecule has 0 atom stereocenters. The summed E-state index contributed by atoms with van der Waals surface area (Å²) in [6.07, 6.45) is 3.16. The van der Waals surface area contributed by atoms with Crippen LogP contribution in [0, 0.1) is 0 Å². The van der Waals surface area contributed by atoms with Crippen LogP contribution in [0.25, 0.3) is 0 Å². The van der Waals surface area contributed by atoms with Crippen LogP contribution in [0.5, 0.6) is 5.88 Å². The summed E-state index contributed by atoms with van der Waals surface area (Å²) in [5.41, 5.74) is 7.80. The van der Waals surface area contributed by atoms with Crippen molar-refractivity contribution in [2.24, 2.45) is 0 Å². The first-order chi connectivity index (χ1) is 9.13. The first kappa shape index (κ1) is 13.7. The summed E-state index contributed by atoms with van der Waals surface area (Å²) in [4.78, 5) is 12.9. The Labute approximate surface area is 120 Å². The molecule has 0 unspecified atom stereocenters. The molecule has 0 aromatic carbocycles. The lowest BCUT2D eigenvalue weighted by Gasteiger charge is -2.07. The Kier molecular flexibility index (Phi) is 4.31. The third-order valence-corrected chi connectivity index (χ3v) is 3.56. The summed E-state index contributed by atoms with van der Waals surface area (Å²) in [5.74, 6) is 1.77. The molecular weight excluding hydrogens is 308 g/mol. The molecule has 0 spiro atoms. The highest BCUT2D eigenvalue weighted by Crippen LogP contribution is 2.22. The van der Waals surface area contributed by atoms with Gasteiger partial charge < -0.3 is 10.5 Å². The van der Waals surface area contributed by atoms with Gasteiger partial charge in [0.2, 0.25) is 5.88 Å². The van der Waals surface area contributed by atoms with E-state index in [4.69, 9.17) is 10.5 Å². The van der Waals surface area contributed by atoms with Gasteiger partial charge in [0.05, 0.1) is 17.3 Å². The topological polar surface area (TPSA) is 73.9 Å². The lowest BCUT2D eigenvalue weighted by molar-refractivity contribution is 0.397. The van der Waals surface area contributed by atoms with E-state index in [9.17, 15) is 0 Å². The maximum absolute atomic E-state index is 5.86. The number of methoxy groups -OCH3 is 1. The molecule has 0 aliphatic carbocycles. The maximum Gasteiger partial charge on any atom is 0.212 e. The van der Waals surface area contributed by atoms with E-state index in [0.29, 0.717) is 23.9 Å². The summed E-state index contributed by atoms with van der Waals surface area (Å²) in [6, 6.07) is 3.76. The molecule has 2 aromatic heterocycles. The SMILES string of the molecule is CCc1nc(Cc2ccc(OC)nc2)nc(N)c1Br. The second-order valence-corrected chi connectivity index (χ2v) is 4.82. The molecule has 0 aliphatic heterocycles. The van der Waals surface area contributed by atoms with Crippen molar-refractivity contribution in [3.8, 4) is 5.88 Å². The molecule has 2 aromatic rings. The predicted octanol–water partition coefficient (Wildman–Crippen LogP) is 2.38. The molecule has 19 heavy (non-hydrogen) atoms. The molecule has 0 saturated carbocycles. The number of rotatable bonds is 4. The monoisotopic (exact) mass is 322 g/mol. The molecule has 100 valence electrons. The van der Waals surface area contributed by atoms with Gasteiger partial charge in [-0.2, -0.15) is 0 Å². The third-order valence-electron chi connectivity index (χ3n) is 2.70. The number of anilines is 1. The summed E-state index contributed by atoms with van der Waals surface area (Å²) in [5, 5.41) is 0. The van der Waals surface area contributed by atoms with Gasteiger partial charge in [-0.15, -0.1) is 0 Å². The van der Waals surface area contributed by atoms with Gasteiger partial charge in [0, 0.05) is 18.7 Å². The van der Waals surface area contributed by atoms with E-state index < -0.39 is 0 Å². The molecule has 6 heteroatoms. The minimum atomic E-state index is 0.475. The highest BCUT2D eigenvalue weighted by atomic mass is 79.9. The zero-order chi connectivity index (χ0) is 13.8. The Morgan fingerprint density at radius 1 is 1.32 bits per heavy atom. The molecule has 0 bridgehead atoms. The summed E-state index contributed by atoms with van der Waals surface area (Å²) in [7, 11) is 1.59. The Balaban J connectivity index is 2.25. The molecule has 0 fully saturated rings. The van der Waals surface area contributed by atoms with Gasteiger partial charge in [-0.05, 0) is 27.9 Å². The number of nitrogen functional groups attached to an aromatic ring is 1. The average molecular weight is 323 g/mol. The smallest absolute Gasteiger partial charge is 0.212 e. The van der Waals surface area contributed by atoms with Gasteiger partial charge >= 0.3 is 0 Å². The molecule has 0 amide bonds. The predicted molar refractivity (Wildman–Crippen MR) is 77.1 cm³/mol. The lowest BCUT2D eigenvalue weighted by atomic mass is 10.2. The number of hydrogen-bond donors (Lipinski definition) is 1. The van der Waals surface area contributed by atoms with Gasteiger partial charge in [-0.3, -0.25) is 0 Å². The number of nitrogens with two attached hydrogens (primary N) is 1. The van der Waals surface area contributed by atoms with Crippen molar-refractivity contribution in [2.45, 2.75) is 19.8 Å². The number of hydrogen-bond acceptors (Lipinski definition) is 5. The number of nitrogens with zero attached hydrogens (tertiary/aromatic N) is 3. The van der Waals surface area contributed by atoms with E-state index in [1.165, 1.54) is 0 Å². The second kappa shape index (κ2) is 5.97. The van der Waals surface area contributed by atoms with Gasteiger partial charge in [0.1, 0.15) is 11.6 Å². The van der Waals surface area contributed by atoms with Crippen molar-refractivity contribution in [3.63, 3.8) is 0 Å². The van der Waals surface area contributed by atoms with Crippen LogP contribution >= 0.6 is 15.9 Å². The Hall–Kier alpha value is -1.69. The zero-order valence-electron chi connectivity index (χ0n) is 10.9. The number of aryl methyl sites for hydroxylation is 1. The summed E-state index contributed by atoms with van der Waals surface area (Å²) in [6.45, 7) is 2.03. The quantitative estimate of drug-likeness (QED) is 0.935. The van der Waals surface area contributed by atoms with E-state index in [-0.39, 0.29) is 0 Å². The van der Waals surface area contributed by atoms with Crippen LogP contribution in [-0.2, 0) is 12.8 Å². The lowest BCUT2D eigenvalue weighted by Crippen LogP contribution is -2.05. The molecule has 0 saturated heterocycles. The van der Waals surface area contributed by atoms with Crippen molar-refractivity contribution < 1.29 is 4.74 Å². The molecule has 5 nitrogen and oxygen atoms in total. The van der Waals surface area contributed by atoms with E-state index in [0.717, 1.165) is 22.2 Å². The number of pyridine rings is 1. The largest absolute Gasteiger partial charge is 0.481 e. The van der Waals surface area contributed by atoms with Gasteiger partial charge in [-0.1, -0.05) is 13.0 Å². The Morgan fingerprint density at radius 2 is 2.11 bits per heavy atom. The minimum absolute atomic E-state index is 0.475. The molecule has 0 radical (unpaired) electrons. The van der Waals surface area contributed by atoms with Crippen LogP contribution in [-0.4, -0.2) is 22.1 Å². The third kappa shape index (κ3) is 3.20. The van der Waals surface area contributed by atoms with E-state index in [2.05, 4.69) is 30.9 Å². The fourth-order valence-corrected chi connectivity index (χ4v) is 2.16. The first-order valence-corrected chi connectivity index (χ1v) is 6.73. The van der Waals surface area contributed by atoms with Crippen LogP contribution in [0.1, 0.15) is 24.0 Å². The van der Waals surface area contributed by atoms with Gasteiger partial charge in [-0.25, -0.2) is 15.0 Å². The highest BCUT2D eigenvalue weighted by molar-refractivity contribution is 9.10. The van der Waals surface area contributed by atoms with Crippen molar-refractivity contribution in [3.05, 3.63) is 39.9 Å². The molecule has 2 rings (SSSR count). The van der Waals surface area contributed by atoms with Crippen molar-refractivity contribution in [2.75, 3.05) is 12.8 Å². The number of halogens is 1. The Morgan fingerprint density at radius 3 is 2.68 bits per heavy atom. The van der Waals surface area contributed by atoms with E-state index >= 15 is 0 Å². The van der Waals surface area contributed by atoms with Gasteiger partial charge in [0.15, 0.2) is 0 Å². The molecule has 0 aliphatic rings. The molecule has 2 N–H and O–H groups in total. The van der Waals surface area contributed by atoms with Crippen LogP contribution in [0.2, 0.25) is 0 Å². The summed E-state index contributed by atoms with van der Waals surface area (Å²) >= 11 is 3.40. The van der Waals surface area contributed by atoms with Crippen molar-refractivity contribution in [1.82, 2.24) is 15.0 Å². The minimum Gasteiger partial charge on any atom is -0.481 e. The van der Waals surface area contributed by atoms with Crippen LogP contribution in [0.15, 0.2) is 22.8 Å². The standard InChI is InChI=1S/C13H15BrN4O/c1-3-9-12(14)13(15)18-10(17-9)6-8-4-5-11(19-2)16-7-8/h4-5,7H,3,6H2,1-2H3,(H2,15,17,18). The fourth-order valence-electron chi connectivity index (χ4n) is 1.70. The van der Waals surface area contributed by atoms with Crippen molar-refractivity contribution in [1.29, 1.82) is 0 Å². The van der Waals surface area contributed by atoms with Gasteiger partial charge in [0.25, 0.3) is 0 Å². The maximum atomic E-state index is 5.86. The van der Waals surface area contributed by atoms with Crippen molar-refractivity contribution >= 4 is 21.7 Å². The zero-order valence-corrected chi connectivity index (χ0v) is 12.4. The second-order valence-electron chi connectivity index (χ2n) is 4.02. The molecule has 2 heterocycles. The van der Waals surface area contributed by atoms with E-state index in [1.54, 1.807) is 13.3 Å². The fraction of sp³-hybridized carbons (Fsp3) is 0.308. The number of aromatic nitrogens is 3. The van der Waals surface area contributed by atoms with E-state index in [1.807, 2.05) is 19.1 Å². The average Bonchev–Trinajstić information content (AvgIpc) is 2.43. The molecular formula is C13H15BrN4O. The Bertz CT molecular complexity index is 572. The summed E-state index contributed by atoms with van der Waals surface area (Å²) < 4.78 is 5.81. The van der Waals surface area contributed by atoms with Crippen LogP contribution in [0.3, 0.4) is 0 Å². The number of ether oxygens (including phenoxy) is 1. The highest BCUT2D eigenvalue weighted by Gasteiger charge is 2.09. The van der Waals surface area contributed by atoms with Crippen LogP contribution in [0.4, 0.5) is 5.82 Å². The normalized spacial score (nSPS) is 10.5. The first-order valence-electron chi connectivity index (χ1n) is 5.93. The van der Waals surface area contributed by atoms with Crippen LogP contribution < -0.4 is 10.5 Å².